The predicted molar refractivity (Wildman–Crippen MR) is 107 cm³/mol. The number of carbonyl (C=O) groups is 1. The van der Waals surface area contributed by atoms with Crippen LogP contribution in [0.2, 0.25) is 0 Å². The maximum Gasteiger partial charge on any atom is 0.247 e. The van der Waals surface area contributed by atoms with E-state index in [-0.39, 0.29) is 5.91 Å². The Bertz CT molecular complexity index is 952. The maximum absolute atomic E-state index is 12.8. The standard InChI is InChI=1S/C20H21BrN4O2/c1-20(2,19(26)22-11-14-7-4-5-8-16(14)21)25-13-15(12-23-25)17-9-6-10-18(24-17)27-3/h4-10,12-13H,11H2,1-3H3,(H,22,26). The van der Waals surface area contributed by atoms with E-state index in [1.54, 1.807) is 24.1 Å². The fourth-order valence-electron chi connectivity index (χ4n) is 2.59. The lowest BCUT2D eigenvalue weighted by Crippen LogP contribution is -2.44. The molecule has 0 aliphatic carbocycles. The summed E-state index contributed by atoms with van der Waals surface area (Å²) in [5.41, 5.74) is 1.73. The largest absolute Gasteiger partial charge is 0.481 e. The fraction of sp³-hybridized carbons (Fsp3) is 0.250. The van der Waals surface area contributed by atoms with Crippen molar-refractivity contribution in [1.82, 2.24) is 20.1 Å². The van der Waals surface area contributed by atoms with Crippen molar-refractivity contribution in [2.24, 2.45) is 0 Å². The summed E-state index contributed by atoms with van der Waals surface area (Å²) in [6.45, 7) is 4.10. The zero-order valence-corrected chi connectivity index (χ0v) is 17.0. The van der Waals surface area contributed by atoms with Crippen molar-refractivity contribution >= 4 is 21.8 Å². The minimum Gasteiger partial charge on any atom is -0.481 e. The SMILES string of the molecule is COc1cccc(-c2cnn(C(C)(C)C(=O)NCc3ccccc3Br)c2)n1. The zero-order valence-electron chi connectivity index (χ0n) is 15.4. The first-order chi connectivity index (χ1) is 12.9. The number of aromatic nitrogens is 3. The van der Waals surface area contributed by atoms with Crippen LogP contribution in [0.5, 0.6) is 5.88 Å². The molecule has 0 fully saturated rings. The molecule has 3 rings (SSSR count). The Morgan fingerprint density at radius 3 is 2.74 bits per heavy atom. The first-order valence-electron chi connectivity index (χ1n) is 8.50. The second kappa shape index (κ2) is 7.92. The van der Waals surface area contributed by atoms with Crippen LogP contribution >= 0.6 is 15.9 Å². The van der Waals surface area contributed by atoms with Gasteiger partial charge in [0, 0.05) is 28.8 Å². The average molecular weight is 429 g/mol. The summed E-state index contributed by atoms with van der Waals surface area (Å²) in [4.78, 5) is 17.2. The Hall–Kier alpha value is -2.67. The molecule has 0 saturated carbocycles. The van der Waals surface area contributed by atoms with Gasteiger partial charge in [0.15, 0.2) is 0 Å². The van der Waals surface area contributed by atoms with Crippen LogP contribution in [0.4, 0.5) is 0 Å². The average Bonchev–Trinajstić information content (AvgIpc) is 3.18. The van der Waals surface area contributed by atoms with Gasteiger partial charge in [-0.25, -0.2) is 4.98 Å². The Morgan fingerprint density at radius 1 is 1.22 bits per heavy atom. The molecular formula is C20H21BrN4O2. The molecule has 0 radical (unpaired) electrons. The molecule has 0 bridgehead atoms. The molecule has 140 valence electrons. The number of halogens is 1. The molecule has 2 aromatic heterocycles. The van der Waals surface area contributed by atoms with E-state index < -0.39 is 5.54 Å². The first-order valence-corrected chi connectivity index (χ1v) is 9.29. The van der Waals surface area contributed by atoms with E-state index in [0.717, 1.165) is 21.3 Å². The van der Waals surface area contributed by atoms with E-state index in [0.29, 0.717) is 12.4 Å². The van der Waals surface area contributed by atoms with Gasteiger partial charge in [0.25, 0.3) is 0 Å². The molecule has 0 aliphatic heterocycles. The molecule has 3 aromatic rings. The molecule has 1 aromatic carbocycles. The molecule has 27 heavy (non-hydrogen) atoms. The van der Waals surface area contributed by atoms with Crippen LogP contribution in [-0.2, 0) is 16.9 Å². The van der Waals surface area contributed by atoms with Gasteiger partial charge in [-0.1, -0.05) is 40.2 Å². The summed E-state index contributed by atoms with van der Waals surface area (Å²) in [5, 5.41) is 7.36. The number of ether oxygens (including phenoxy) is 1. The van der Waals surface area contributed by atoms with Crippen molar-refractivity contribution in [2.45, 2.75) is 25.9 Å². The van der Waals surface area contributed by atoms with Crippen LogP contribution in [0.3, 0.4) is 0 Å². The van der Waals surface area contributed by atoms with Gasteiger partial charge in [-0.15, -0.1) is 0 Å². The number of benzene rings is 1. The quantitative estimate of drug-likeness (QED) is 0.648. The predicted octanol–water partition coefficient (Wildman–Crippen LogP) is 3.77. The van der Waals surface area contributed by atoms with Crippen molar-refractivity contribution in [2.75, 3.05) is 7.11 Å². The highest BCUT2D eigenvalue weighted by Crippen LogP contribution is 2.23. The topological polar surface area (TPSA) is 69.0 Å². The lowest BCUT2D eigenvalue weighted by molar-refractivity contribution is -0.129. The normalized spacial score (nSPS) is 11.3. The van der Waals surface area contributed by atoms with E-state index in [4.69, 9.17) is 4.74 Å². The van der Waals surface area contributed by atoms with Crippen LogP contribution in [0.25, 0.3) is 11.3 Å². The van der Waals surface area contributed by atoms with Gasteiger partial charge < -0.3 is 10.1 Å². The molecule has 6 nitrogen and oxygen atoms in total. The number of hydrogen-bond acceptors (Lipinski definition) is 4. The van der Waals surface area contributed by atoms with E-state index in [1.807, 2.05) is 56.4 Å². The van der Waals surface area contributed by atoms with Crippen LogP contribution in [0, 0.1) is 0 Å². The number of methoxy groups -OCH3 is 1. The van der Waals surface area contributed by atoms with Crippen molar-refractivity contribution < 1.29 is 9.53 Å². The Morgan fingerprint density at radius 2 is 2.00 bits per heavy atom. The third-order valence-electron chi connectivity index (χ3n) is 4.34. The van der Waals surface area contributed by atoms with Crippen molar-refractivity contribution in [3.8, 4) is 17.1 Å². The Labute approximate surface area is 166 Å². The highest BCUT2D eigenvalue weighted by Gasteiger charge is 2.30. The molecule has 0 unspecified atom stereocenters. The molecule has 1 amide bonds. The van der Waals surface area contributed by atoms with E-state index >= 15 is 0 Å². The van der Waals surface area contributed by atoms with Crippen LogP contribution in [0.1, 0.15) is 19.4 Å². The molecule has 0 spiro atoms. The summed E-state index contributed by atoms with van der Waals surface area (Å²) in [6.07, 6.45) is 3.52. The molecular weight excluding hydrogens is 408 g/mol. The van der Waals surface area contributed by atoms with Crippen molar-refractivity contribution in [3.05, 3.63) is 64.9 Å². The van der Waals surface area contributed by atoms with Gasteiger partial charge in [-0.2, -0.15) is 5.10 Å². The number of nitrogens with zero attached hydrogens (tertiary/aromatic N) is 3. The molecule has 2 heterocycles. The third-order valence-corrected chi connectivity index (χ3v) is 5.11. The second-order valence-corrected chi connectivity index (χ2v) is 7.43. The summed E-state index contributed by atoms with van der Waals surface area (Å²) in [7, 11) is 1.58. The fourth-order valence-corrected chi connectivity index (χ4v) is 3.01. The summed E-state index contributed by atoms with van der Waals surface area (Å²) >= 11 is 3.50. The monoisotopic (exact) mass is 428 g/mol. The number of amides is 1. The smallest absolute Gasteiger partial charge is 0.247 e. The lowest BCUT2D eigenvalue weighted by Gasteiger charge is -2.24. The van der Waals surface area contributed by atoms with Crippen molar-refractivity contribution in [1.29, 1.82) is 0 Å². The molecule has 7 heteroatoms. The van der Waals surface area contributed by atoms with E-state index in [9.17, 15) is 4.79 Å². The number of rotatable bonds is 6. The van der Waals surface area contributed by atoms with E-state index in [2.05, 4.69) is 31.3 Å². The van der Waals surface area contributed by atoms with E-state index in [1.165, 1.54) is 0 Å². The van der Waals surface area contributed by atoms with Gasteiger partial charge in [0.05, 0.1) is 19.0 Å². The van der Waals surface area contributed by atoms with Crippen LogP contribution < -0.4 is 10.1 Å². The number of pyridine rings is 1. The van der Waals surface area contributed by atoms with Gasteiger partial charge in [-0.3, -0.25) is 9.48 Å². The Kier molecular flexibility index (Phi) is 5.60. The van der Waals surface area contributed by atoms with Crippen LogP contribution in [0.15, 0.2) is 59.3 Å². The minimum atomic E-state index is -0.849. The maximum atomic E-state index is 12.8. The molecule has 1 N–H and O–H groups in total. The lowest BCUT2D eigenvalue weighted by atomic mass is 10.0. The summed E-state index contributed by atoms with van der Waals surface area (Å²) in [5.74, 6) is 0.414. The zero-order chi connectivity index (χ0) is 19.4. The highest BCUT2D eigenvalue weighted by molar-refractivity contribution is 9.10. The summed E-state index contributed by atoms with van der Waals surface area (Å²) in [6, 6.07) is 13.3. The number of carbonyl (C=O) groups excluding carboxylic acids is 1. The summed E-state index contributed by atoms with van der Waals surface area (Å²) < 4.78 is 7.78. The molecule has 0 saturated heterocycles. The third kappa shape index (κ3) is 4.19. The number of nitrogens with one attached hydrogen (secondary N) is 1. The van der Waals surface area contributed by atoms with Gasteiger partial charge in [-0.05, 0) is 31.5 Å². The van der Waals surface area contributed by atoms with Gasteiger partial charge >= 0.3 is 0 Å². The Balaban J connectivity index is 1.75. The number of hydrogen-bond donors (Lipinski definition) is 1. The first kappa shape index (κ1) is 19.1. The molecule has 0 atom stereocenters. The highest BCUT2D eigenvalue weighted by atomic mass is 79.9. The second-order valence-electron chi connectivity index (χ2n) is 6.57. The minimum absolute atomic E-state index is 0.119. The van der Waals surface area contributed by atoms with Gasteiger partial charge in [0.2, 0.25) is 11.8 Å². The van der Waals surface area contributed by atoms with Crippen molar-refractivity contribution in [3.63, 3.8) is 0 Å². The van der Waals surface area contributed by atoms with Gasteiger partial charge in [0.1, 0.15) is 5.54 Å². The van der Waals surface area contributed by atoms with Crippen LogP contribution in [-0.4, -0.2) is 27.8 Å². The molecule has 0 aliphatic rings.